The van der Waals surface area contributed by atoms with Gasteiger partial charge in [0.15, 0.2) is 0 Å². The number of carbonyl (C=O) groups is 1. The van der Waals surface area contributed by atoms with Crippen LogP contribution >= 0.6 is 0 Å². The highest BCUT2D eigenvalue weighted by Gasteiger charge is 2.54. The van der Waals surface area contributed by atoms with E-state index in [1.54, 1.807) is 0 Å². The van der Waals surface area contributed by atoms with E-state index in [2.05, 4.69) is 22.0 Å². The minimum absolute atomic E-state index is 0.187. The van der Waals surface area contributed by atoms with Crippen LogP contribution in [0.15, 0.2) is 0 Å². The SMILES string of the molecule is CCC1NC2(CCCC2)C(=O)N1C1CCN(C2CC2)C1. The third kappa shape index (κ3) is 1.92. The molecule has 2 saturated carbocycles. The van der Waals surface area contributed by atoms with Crippen molar-refractivity contribution in [2.24, 2.45) is 0 Å². The fourth-order valence-corrected chi connectivity index (χ4v) is 4.66. The number of amides is 1. The molecule has 2 heterocycles. The summed E-state index contributed by atoms with van der Waals surface area (Å²) >= 11 is 0. The van der Waals surface area contributed by atoms with Gasteiger partial charge >= 0.3 is 0 Å². The third-order valence-electron chi connectivity index (χ3n) is 5.92. The van der Waals surface area contributed by atoms with Crippen LogP contribution in [0.25, 0.3) is 0 Å². The van der Waals surface area contributed by atoms with Crippen LogP contribution in [0.4, 0.5) is 0 Å². The van der Waals surface area contributed by atoms with Crippen LogP contribution in [0.5, 0.6) is 0 Å². The zero-order chi connectivity index (χ0) is 13.7. The van der Waals surface area contributed by atoms with Gasteiger partial charge in [-0.25, -0.2) is 0 Å². The van der Waals surface area contributed by atoms with Crippen molar-refractivity contribution in [1.82, 2.24) is 15.1 Å². The van der Waals surface area contributed by atoms with E-state index in [4.69, 9.17) is 0 Å². The Balaban J connectivity index is 1.52. The summed E-state index contributed by atoms with van der Waals surface area (Å²) in [6, 6.07) is 1.30. The zero-order valence-electron chi connectivity index (χ0n) is 12.6. The van der Waals surface area contributed by atoms with Crippen LogP contribution in [0.1, 0.15) is 58.3 Å². The van der Waals surface area contributed by atoms with Crippen molar-refractivity contribution in [2.75, 3.05) is 13.1 Å². The molecule has 4 heteroatoms. The van der Waals surface area contributed by atoms with Gasteiger partial charge in [-0.2, -0.15) is 0 Å². The molecule has 2 aliphatic heterocycles. The molecule has 20 heavy (non-hydrogen) atoms. The second-order valence-corrected chi connectivity index (χ2v) is 7.24. The maximum absolute atomic E-state index is 13.0. The molecule has 1 amide bonds. The summed E-state index contributed by atoms with van der Waals surface area (Å²) in [5.41, 5.74) is -0.187. The smallest absolute Gasteiger partial charge is 0.244 e. The number of hydrogen-bond donors (Lipinski definition) is 1. The Labute approximate surface area is 121 Å². The molecule has 4 fully saturated rings. The molecule has 1 spiro atoms. The number of hydrogen-bond acceptors (Lipinski definition) is 3. The molecule has 0 radical (unpaired) electrons. The van der Waals surface area contributed by atoms with Crippen molar-refractivity contribution >= 4 is 5.91 Å². The molecule has 0 bridgehead atoms. The van der Waals surface area contributed by atoms with Gasteiger partial charge in [-0.15, -0.1) is 0 Å². The van der Waals surface area contributed by atoms with Gasteiger partial charge in [0.2, 0.25) is 5.91 Å². The Hall–Kier alpha value is -0.610. The molecule has 2 saturated heterocycles. The van der Waals surface area contributed by atoms with E-state index in [0.717, 1.165) is 31.8 Å². The summed E-state index contributed by atoms with van der Waals surface area (Å²) in [6.45, 7) is 4.52. The molecule has 2 aliphatic carbocycles. The summed E-state index contributed by atoms with van der Waals surface area (Å²) in [4.78, 5) is 17.9. The lowest BCUT2D eigenvalue weighted by molar-refractivity contribution is -0.135. The first-order valence-corrected chi connectivity index (χ1v) is 8.58. The lowest BCUT2D eigenvalue weighted by Gasteiger charge is -2.30. The molecule has 0 aromatic heterocycles. The van der Waals surface area contributed by atoms with Crippen LogP contribution < -0.4 is 5.32 Å². The molecule has 0 aromatic carbocycles. The van der Waals surface area contributed by atoms with Crippen molar-refractivity contribution < 1.29 is 4.79 Å². The van der Waals surface area contributed by atoms with Gasteiger partial charge in [0.1, 0.15) is 0 Å². The molecule has 4 aliphatic rings. The Morgan fingerprint density at radius 2 is 1.95 bits per heavy atom. The summed E-state index contributed by atoms with van der Waals surface area (Å²) in [7, 11) is 0. The average Bonchev–Trinajstić information content (AvgIpc) is 2.91. The number of rotatable bonds is 3. The first-order valence-electron chi connectivity index (χ1n) is 8.58. The van der Waals surface area contributed by atoms with E-state index in [-0.39, 0.29) is 11.7 Å². The van der Waals surface area contributed by atoms with Gasteiger partial charge in [0, 0.05) is 25.2 Å². The third-order valence-corrected chi connectivity index (χ3v) is 5.92. The number of nitrogens with one attached hydrogen (secondary N) is 1. The fourth-order valence-electron chi connectivity index (χ4n) is 4.66. The predicted molar refractivity (Wildman–Crippen MR) is 78.3 cm³/mol. The second-order valence-electron chi connectivity index (χ2n) is 7.24. The van der Waals surface area contributed by atoms with Crippen molar-refractivity contribution in [3.05, 3.63) is 0 Å². The lowest BCUT2D eigenvalue weighted by atomic mass is 9.97. The van der Waals surface area contributed by atoms with Crippen LogP contribution in [-0.2, 0) is 4.79 Å². The Morgan fingerprint density at radius 1 is 1.20 bits per heavy atom. The molecule has 1 N–H and O–H groups in total. The molecule has 4 nitrogen and oxygen atoms in total. The van der Waals surface area contributed by atoms with Gasteiger partial charge in [-0.05, 0) is 38.5 Å². The normalized spacial score (nSPS) is 37.5. The molecule has 0 aromatic rings. The Kier molecular flexibility index (Phi) is 3.08. The van der Waals surface area contributed by atoms with Crippen LogP contribution in [0.2, 0.25) is 0 Å². The monoisotopic (exact) mass is 277 g/mol. The maximum atomic E-state index is 13.0. The van der Waals surface area contributed by atoms with Gasteiger partial charge in [0.25, 0.3) is 0 Å². The highest BCUT2D eigenvalue weighted by atomic mass is 16.2. The number of carbonyl (C=O) groups excluding carboxylic acids is 1. The highest BCUT2D eigenvalue weighted by Crippen LogP contribution is 2.40. The summed E-state index contributed by atoms with van der Waals surface area (Å²) in [5, 5.41) is 3.71. The fraction of sp³-hybridized carbons (Fsp3) is 0.938. The minimum Gasteiger partial charge on any atom is -0.321 e. The average molecular weight is 277 g/mol. The highest BCUT2D eigenvalue weighted by molar-refractivity contribution is 5.89. The lowest BCUT2D eigenvalue weighted by Crippen LogP contribution is -2.46. The summed E-state index contributed by atoms with van der Waals surface area (Å²) < 4.78 is 0. The second kappa shape index (κ2) is 4.70. The molecule has 2 atom stereocenters. The molecular weight excluding hydrogens is 250 g/mol. The summed E-state index contributed by atoms with van der Waals surface area (Å²) in [5.74, 6) is 0.421. The van der Waals surface area contributed by atoms with E-state index < -0.39 is 0 Å². The summed E-state index contributed by atoms with van der Waals surface area (Å²) in [6.07, 6.45) is 9.77. The first-order chi connectivity index (χ1) is 9.73. The van der Waals surface area contributed by atoms with Crippen LogP contribution in [0, 0.1) is 0 Å². The zero-order valence-corrected chi connectivity index (χ0v) is 12.6. The van der Waals surface area contributed by atoms with Gasteiger partial charge < -0.3 is 4.90 Å². The van der Waals surface area contributed by atoms with Crippen LogP contribution in [0.3, 0.4) is 0 Å². The van der Waals surface area contributed by atoms with Crippen molar-refractivity contribution in [2.45, 2.75) is 82.1 Å². The van der Waals surface area contributed by atoms with Crippen molar-refractivity contribution in [3.63, 3.8) is 0 Å². The Morgan fingerprint density at radius 3 is 2.60 bits per heavy atom. The predicted octanol–water partition coefficient (Wildman–Crippen LogP) is 1.70. The Bertz CT molecular complexity index is 401. The van der Waals surface area contributed by atoms with Gasteiger partial charge in [-0.3, -0.25) is 15.0 Å². The van der Waals surface area contributed by atoms with Crippen LogP contribution in [-0.4, -0.2) is 52.6 Å². The maximum Gasteiger partial charge on any atom is 0.244 e. The van der Waals surface area contributed by atoms with E-state index in [1.807, 2.05) is 0 Å². The standard InChI is InChI=1S/C16H27N3O/c1-2-14-17-16(8-3-4-9-16)15(20)19(14)13-7-10-18(11-13)12-5-6-12/h12-14,17H,2-11H2,1H3. The van der Waals surface area contributed by atoms with Crippen molar-refractivity contribution in [3.8, 4) is 0 Å². The van der Waals surface area contributed by atoms with Gasteiger partial charge in [0.05, 0.1) is 11.7 Å². The van der Waals surface area contributed by atoms with E-state index >= 15 is 0 Å². The van der Waals surface area contributed by atoms with Crippen molar-refractivity contribution in [1.29, 1.82) is 0 Å². The van der Waals surface area contributed by atoms with E-state index in [9.17, 15) is 4.79 Å². The number of likely N-dealkylation sites (tertiary alicyclic amines) is 1. The molecule has 4 rings (SSSR count). The quantitative estimate of drug-likeness (QED) is 0.853. The molecule has 2 unspecified atom stereocenters. The van der Waals surface area contributed by atoms with Gasteiger partial charge in [-0.1, -0.05) is 19.8 Å². The first kappa shape index (κ1) is 13.1. The molecular formula is C16H27N3O. The molecule has 112 valence electrons. The largest absolute Gasteiger partial charge is 0.321 e. The minimum atomic E-state index is -0.187. The van der Waals surface area contributed by atoms with E-state index in [0.29, 0.717) is 11.9 Å². The van der Waals surface area contributed by atoms with E-state index in [1.165, 1.54) is 38.6 Å². The topological polar surface area (TPSA) is 35.6 Å². The number of nitrogens with zero attached hydrogens (tertiary/aromatic N) is 2.